The van der Waals surface area contributed by atoms with Crippen LogP contribution in [0.25, 0.3) is 0 Å². The summed E-state index contributed by atoms with van der Waals surface area (Å²) >= 11 is 1.56. The first-order chi connectivity index (χ1) is 7.97. The first kappa shape index (κ1) is 14.6. The molecule has 0 saturated carbocycles. The molecular weight excluding hydrogens is 230 g/mol. The molecule has 0 radical (unpaired) electrons. The van der Waals surface area contributed by atoms with Crippen molar-refractivity contribution < 1.29 is 0 Å². The molecule has 0 aromatic carbocycles. The van der Waals surface area contributed by atoms with Gasteiger partial charge in [-0.3, -0.25) is 0 Å². The normalized spacial score (nSPS) is 13.9. The van der Waals surface area contributed by atoms with E-state index < -0.39 is 0 Å². The summed E-state index contributed by atoms with van der Waals surface area (Å²) in [4.78, 5) is 4.60. The molecule has 0 aliphatic rings. The van der Waals surface area contributed by atoms with Gasteiger partial charge in [0.1, 0.15) is 10.8 Å². The van der Waals surface area contributed by atoms with Gasteiger partial charge in [0.05, 0.1) is 0 Å². The Morgan fingerprint density at radius 3 is 2.53 bits per heavy atom. The molecule has 0 fully saturated rings. The number of aryl methyl sites for hydroxylation is 1. The summed E-state index contributed by atoms with van der Waals surface area (Å²) in [6.07, 6.45) is 3.10. The lowest BCUT2D eigenvalue weighted by Crippen LogP contribution is -2.41. The molecule has 4 heteroatoms. The largest absolute Gasteiger partial charge is 0.313 e. The van der Waals surface area contributed by atoms with Gasteiger partial charge >= 0.3 is 0 Å². The third-order valence-electron chi connectivity index (χ3n) is 2.86. The zero-order chi connectivity index (χ0) is 12.9. The Bertz CT molecular complexity index is 328. The van der Waals surface area contributed by atoms with E-state index in [1.807, 2.05) is 0 Å². The van der Waals surface area contributed by atoms with Gasteiger partial charge in [0.2, 0.25) is 0 Å². The van der Waals surface area contributed by atoms with E-state index in [1.54, 1.807) is 11.5 Å². The molecule has 0 saturated heterocycles. The molecule has 17 heavy (non-hydrogen) atoms. The Morgan fingerprint density at radius 1 is 1.29 bits per heavy atom. The highest BCUT2D eigenvalue weighted by molar-refractivity contribution is 7.05. The van der Waals surface area contributed by atoms with Gasteiger partial charge < -0.3 is 5.32 Å². The van der Waals surface area contributed by atoms with E-state index in [-0.39, 0.29) is 5.41 Å². The Hall–Kier alpha value is -0.480. The van der Waals surface area contributed by atoms with E-state index in [2.05, 4.69) is 49.3 Å². The van der Waals surface area contributed by atoms with E-state index in [0.717, 1.165) is 36.6 Å². The summed E-state index contributed by atoms with van der Waals surface area (Å²) in [5.41, 5.74) is 0.257. The summed E-state index contributed by atoms with van der Waals surface area (Å²) in [6.45, 7) is 12.1. The van der Waals surface area contributed by atoms with Gasteiger partial charge in [0.25, 0.3) is 0 Å². The first-order valence-corrected chi connectivity index (χ1v) is 7.29. The number of hydrogen-bond donors (Lipinski definition) is 1. The molecule has 0 aliphatic heterocycles. The molecule has 1 N–H and O–H groups in total. The fourth-order valence-corrected chi connectivity index (χ4v) is 2.53. The molecule has 1 aromatic rings. The number of nitrogens with zero attached hydrogens (tertiary/aromatic N) is 2. The number of aromatic nitrogens is 2. The molecule has 1 unspecified atom stereocenters. The van der Waals surface area contributed by atoms with Crippen molar-refractivity contribution in [1.29, 1.82) is 0 Å². The van der Waals surface area contributed by atoms with Crippen molar-refractivity contribution in [3.8, 4) is 0 Å². The van der Waals surface area contributed by atoms with Crippen molar-refractivity contribution in [2.45, 2.75) is 59.9 Å². The Labute approximate surface area is 109 Å². The molecule has 0 spiro atoms. The first-order valence-electron chi connectivity index (χ1n) is 6.52. The topological polar surface area (TPSA) is 37.8 Å². The third-order valence-corrected chi connectivity index (χ3v) is 3.63. The van der Waals surface area contributed by atoms with Crippen LogP contribution >= 0.6 is 11.5 Å². The van der Waals surface area contributed by atoms with Crippen molar-refractivity contribution in [2.24, 2.45) is 5.41 Å². The van der Waals surface area contributed by atoms with Crippen LogP contribution in [0.1, 0.15) is 51.9 Å². The lowest BCUT2D eigenvalue weighted by molar-refractivity contribution is 0.270. The van der Waals surface area contributed by atoms with Gasteiger partial charge in [0.15, 0.2) is 0 Å². The molecule has 98 valence electrons. The van der Waals surface area contributed by atoms with E-state index in [0.29, 0.717) is 6.04 Å². The van der Waals surface area contributed by atoms with E-state index in [1.165, 1.54) is 0 Å². The van der Waals surface area contributed by atoms with Crippen LogP contribution in [0.2, 0.25) is 0 Å². The number of rotatable bonds is 6. The maximum Gasteiger partial charge on any atom is 0.142 e. The van der Waals surface area contributed by atoms with Crippen LogP contribution in [0.15, 0.2) is 0 Å². The van der Waals surface area contributed by atoms with Crippen LogP contribution in [-0.4, -0.2) is 21.9 Å². The smallest absolute Gasteiger partial charge is 0.142 e. The second kappa shape index (κ2) is 6.45. The Kier molecular flexibility index (Phi) is 5.53. The van der Waals surface area contributed by atoms with Gasteiger partial charge in [-0.1, -0.05) is 34.6 Å². The van der Waals surface area contributed by atoms with E-state index >= 15 is 0 Å². The highest BCUT2D eigenvalue weighted by atomic mass is 32.1. The Balaban J connectivity index is 2.65. The van der Waals surface area contributed by atoms with Gasteiger partial charge in [-0.2, -0.15) is 4.37 Å². The van der Waals surface area contributed by atoms with E-state index in [4.69, 9.17) is 0 Å². The number of nitrogens with one attached hydrogen (secondary N) is 1. The van der Waals surface area contributed by atoms with Crippen LogP contribution < -0.4 is 5.32 Å². The summed E-state index contributed by atoms with van der Waals surface area (Å²) in [7, 11) is 0. The molecule has 1 heterocycles. The minimum absolute atomic E-state index is 0.257. The lowest BCUT2D eigenvalue weighted by Gasteiger charge is -2.30. The zero-order valence-electron chi connectivity index (χ0n) is 11.7. The predicted molar refractivity (Wildman–Crippen MR) is 74.5 cm³/mol. The molecule has 0 bridgehead atoms. The second-order valence-electron chi connectivity index (χ2n) is 5.53. The average molecular weight is 255 g/mol. The zero-order valence-corrected chi connectivity index (χ0v) is 12.5. The lowest BCUT2D eigenvalue weighted by atomic mass is 9.85. The van der Waals surface area contributed by atoms with Gasteiger partial charge in [-0.05, 0) is 29.9 Å². The fraction of sp³-hybridized carbons (Fsp3) is 0.846. The van der Waals surface area contributed by atoms with Crippen molar-refractivity contribution in [2.75, 3.05) is 6.54 Å². The molecular formula is C13H25N3S. The highest BCUT2D eigenvalue weighted by Gasteiger charge is 2.25. The summed E-state index contributed by atoms with van der Waals surface area (Å²) in [6, 6.07) is 0.468. The number of hydrogen-bond acceptors (Lipinski definition) is 4. The predicted octanol–water partition coefficient (Wildman–Crippen LogP) is 3.06. The van der Waals surface area contributed by atoms with Crippen molar-refractivity contribution in [3.63, 3.8) is 0 Å². The summed E-state index contributed by atoms with van der Waals surface area (Å²) in [5.74, 6) is 1.01. The van der Waals surface area contributed by atoms with E-state index in [9.17, 15) is 0 Å². The number of likely N-dealkylation sites (N-methyl/N-ethyl adjacent to an activating group) is 1. The highest BCUT2D eigenvalue weighted by Crippen LogP contribution is 2.23. The monoisotopic (exact) mass is 255 g/mol. The summed E-state index contributed by atoms with van der Waals surface area (Å²) in [5, 5.41) is 4.71. The van der Waals surface area contributed by atoms with Crippen LogP contribution in [0.3, 0.4) is 0 Å². The van der Waals surface area contributed by atoms with Crippen molar-refractivity contribution in [1.82, 2.24) is 14.7 Å². The minimum atomic E-state index is 0.257. The van der Waals surface area contributed by atoms with Gasteiger partial charge in [-0.15, -0.1) is 0 Å². The molecule has 0 amide bonds. The maximum atomic E-state index is 4.60. The standard InChI is InChI=1S/C13H25N3S/c1-6-8-11-15-12(17-16-11)9-10(14-7-2)13(3,4)5/h10,14H,6-9H2,1-5H3. The van der Waals surface area contributed by atoms with Gasteiger partial charge in [0, 0.05) is 18.9 Å². The molecule has 1 aromatic heterocycles. The Morgan fingerprint density at radius 2 is 2.00 bits per heavy atom. The van der Waals surface area contributed by atoms with Crippen LogP contribution in [0, 0.1) is 5.41 Å². The molecule has 1 rings (SSSR count). The van der Waals surface area contributed by atoms with Crippen LogP contribution in [0.4, 0.5) is 0 Å². The van der Waals surface area contributed by atoms with Crippen molar-refractivity contribution >= 4 is 11.5 Å². The van der Waals surface area contributed by atoms with Crippen LogP contribution in [-0.2, 0) is 12.8 Å². The average Bonchev–Trinajstić information content (AvgIpc) is 2.64. The molecule has 1 atom stereocenters. The summed E-state index contributed by atoms with van der Waals surface area (Å²) < 4.78 is 4.40. The molecule has 3 nitrogen and oxygen atoms in total. The third kappa shape index (κ3) is 4.72. The maximum absolute atomic E-state index is 4.60. The quantitative estimate of drug-likeness (QED) is 0.849. The molecule has 0 aliphatic carbocycles. The minimum Gasteiger partial charge on any atom is -0.313 e. The van der Waals surface area contributed by atoms with Crippen molar-refractivity contribution in [3.05, 3.63) is 10.8 Å². The van der Waals surface area contributed by atoms with Gasteiger partial charge in [-0.25, -0.2) is 4.98 Å². The SMILES string of the molecule is CCCc1nsc(CC(NCC)C(C)(C)C)n1. The fourth-order valence-electron chi connectivity index (χ4n) is 1.80. The van der Waals surface area contributed by atoms with Crippen LogP contribution in [0.5, 0.6) is 0 Å². The second-order valence-corrected chi connectivity index (χ2v) is 6.37.